The summed E-state index contributed by atoms with van der Waals surface area (Å²) in [5.74, 6) is 0.566. The topological polar surface area (TPSA) is 106 Å². The van der Waals surface area contributed by atoms with Crippen LogP contribution in [0.5, 0.6) is 0 Å². The zero-order valence-electron chi connectivity index (χ0n) is 19.3. The average molecular weight is 507 g/mol. The lowest BCUT2D eigenvalue weighted by Crippen LogP contribution is -2.46. The molecule has 35 heavy (non-hydrogen) atoms. The summed E-state index contributed by atoms with van der Waals surface area (Å²) in [4.78, 5) is 39.5. The molecule has 8 nitrogen and oxygen atoms in total. The monoisotopic (exact) mass is 506 g/mol. The Morgan fingerprint density at radius 1 is 1.20 bits per heavy atom. The number of amides is 2. The maximum absolute atomic E-state index is 13.9. The number of likely N-dealkylation sites (tertiary alicyclic amines) is 1. The van der Waals surface area contributed by atoms with E-state index in [0.29, 0.717) is 47.1 Å². The van der Waals surface area contributed by atoms with Crippen LogP contribution in [0.4, 0.5) is 5.13 Å². The van der Waals surface area contributed by atoms with Gasteiger partial charge in [-0.2, -0.15) is 0 Å². The molecule has 0 spiro atoms. The maximum Gasteiger partial charge on any atom is 0.274 e. The van der Waals surface area contributed by atoms with Gasteiger partial charge in [-0.15, -0.1) is 11.3 Å². The number of nitrogens with two attached hydrogens (primary N) is 1. The van der Waals surface area contributed by atoms with Crippen molar-refractivity contribution in [3.8, 4) is 10.4 Å². The number of anilines is 1. The lowest BCUT2D eigenvalue weighted by molar-refractivity contribution is 0.0696. The molecule has 3 aromatic heterocycles. The van der Waals surface area contributed by atoms with E-state index in [-0.39, 0.29) is 17.9 Å². The van der Waals surface area contributed by atoms with E-state index in [2.05, 4.69) is 15.3 Å². The number of hydrogen-bond donors (Lipinski definition) is 2. The molecule has 1 saturated carbocycles. The fourth-order valence-corrected chi connectivity index (χ4v) is 7.35. The second kappa shape index (κ2) is 8.76. The summed E-state index contributed by atoms with van der Waals surface area (Å²) >= 11 is 2.84. The zero-order valence-corrected chi connectivity index (χ0v) is 20.9. The van der Waals surface area contributed by atoms with Gasteiger partial charge >= 0.3 is 0 Å². The van der Waals surface area contributed by atoms with Crippen molar-refractivity contribution in [1.82, 2.24) is 24.6 Å². The van der Waals surface area contributed by atoms with E-state index in [0.717, 1.165) is 34.7 Å². The number of carbonyl (C=O) groups is 2. The third-order valence-electron chi connectivity index (χ3n) is 7.31. The molecule has 0 bridgehead atoms. The summed E-state index contributed by atoms with van der Waals surface area (Å²) in [7, 11) is 0. The summed E-state index contributed by atoms with van der Waals surface area (Å²) in [6.45, 7) is 2.95. The first-order chi connectivity index (χ1) is 17.0. The van der Waals surface area contributed by atoms with Gasteiger partial charge in [0.1, 0.15) is 11.4 Å². The first-order valence-electron chi connectivity index (χ1n) is 11.8. The Kier molecular flexibility index (Phi) is 5.57. The highest BCUT2D eigenvalue weighted by Gasteiger charge is 2.47. The van der Waals surface area contributed by atoms with Crippen molar-refractivity contribution in [2.45, 2.75) is 32.2 Å². The van der Waals surface area contributed by atoms with Gasteiger partial charge in [0.05, 0.1) is 16.6 Å². The molecule has 2 fully saturated rings. The van der Waals surface area contributed by atoms with E-state index >= 15 is 0 Å². The molecule has 180 valence electrons. The van der Waals surface area contributed by atoms with E-state index in [1.165, 1.54) is 22.7 Å². The number of carbonyl (C=O) groups excluding carboxylic acids is 2. The summed E-state index contributed by atoms with van der Waals surface area (Å²) in [5, 5.41) is 5.42. The number of fused-ring (bicyclic) bond motifs is 2. The molecule has 1 saturated heterocycles. The van der Waals surface area contributed by atoms with Crippen LogP contribution in [0.3, 0.4) is 0 Å². The largest absolute Gasteiger partial charge is 0.375 e. The molecule has 2 amide bonds. The number of aromatic nitrogens is 3. The predicted octanol–water partition coefficient (Wildman–Crippen LogP) is 4.08. The van der Waals surface area contributed by atoms with Gasteiger partial charge in [0.15, 0.2) is 10.1 Å². The summed E-state index contributed by atoms with van der Waals surface area (Å²) < 4.78 is 1.83. The molecule has 1 aliphatic heterocycles. The van der Waals surface area contributed by atoms with Crippen molar-refractivity contribution in [3.05, 3.63) is 59.0 Å². The van der Waals surface area contributed by atoms with Crippen molar-refractivity contribution in [2.24, 2.45) is 11.8 Å². The van der Waals surface area contributed by atoms with Crippen molar-refractivity contribution < 1.29 is 9.59 Å². The van der Waals surface area contributed by atoms with Gasteiger partial charge in [-0.05, 0) is 37.2 Å². The van der Waals surface area contributed by atoms with Crippen LogP contribution in [0.15, 0.2) is 41.9 Å². The molecule has 6 rings (SSSR count). The lowest BCUT2D eigenvalue weighted by atomic mass is 9.94. The van der Waals surface area contributed by atoms with Crippen LogP contribution < -0.4 is 11.1 Å². The number of thiazole rings is 2. The zero-order chi connectivity index (χ0) is 24.1. The van der Waals surface area contributed by atoms with Crippen molar-refractivity contribution in [3.63, 3.8) is 0 Å². The van der Waals surface area contributed by atoms with Crippen LogP contribution in [-0.4, -0.2) is 50.2 Å². The van der Waals surface area contributed by atoms with Crippen LogP contribution in [-0.2, 0) is 0 Å². The van der Waals surface area contributed by atoms with Crippen LogP contribution >= 0.6 is 22.7 Å². The molecule has 10 heteroatoms. The number of nitrogens with one attached hydrogen (secondary N) is 1. The number of nitrogens with zero attached hydrogens (tertiary/aromatic N) is 4. The molecule has 4 aromatic rings. The minimum Gasteiger partial charge on any atom is -0.375 e. The van der Waals surface area contributed by atoms with Gasteiger partial charge < -0.3 is 16.0 Å². The number of imidazole rings is 1. The van der Waals surface area contributed by atoms with E-state index < -0.39 is 0 Å². The third kappa shape index (κ3) is 3.81. The molecule has 4 heterocycles. The second-order valence-corrected chi connectivity index (χ2v) is 11.2. The molecule has 1 aromatic carbocycles. The Hall–Kier alpha value is -3.24. The SMILES string of the molecule is Cc1nc2sccn2c1C(=O)NC[C@@H]1[C@H]2CCC[C@H]2CN1C(=O)c1nc(N)sc1-c1ccccc1. The van der Waals surface area contributed by atoms with Crippen molar-refractivity contribution >= 4 is 44.6 Å². The van der Waals surface area contributed by atoms with Gasteiger partial charge in [0, 0.05) is 24.7 Å². The smallest absolute Gasteiger partial charge is 0.274 e. The number of nitrogen functional groups attached to an aromatic ring is 1. The van der Waals surface area contributed by atoms with Gasteiger partial charge in [0.2, 0.25) is 0 Å². The fourth-order valence-electron chi connectivity index (χ4n) is 5.76. The van der Waals surface area contributed by atoms with Crippen molar-refractivity contribution in [1.29, 1.82) is 0 Å². The van der Waals surface area contributed by atoms with E-state index in [1.807, 2.05) is 58.1 Å². The molecule has 3 N–H and O–H groups in total. The average Bonchev–Trinajstić information content (AvgIpc) is 3.65. The number of hydrogen-bond acceptors (Lipinski definition) is 7. The Morgan fingerprint density at radius 3 is 2.86 bits per heavy atom. The standard InChI is InChI=1S/C25H26N6O2S2/c1-14-20(30-10-11-34-25(30)28-14)22(32)27-12-18-17-9-5-8-16(17)13-31(18)23(33)19-21(35-24(26)29-19)15-6-3-2-4-7-15/h2-4,6-7,10-11,16-18H,5,8-9,12-13H2,1H3,(H2,26,29)(H,27,32)/t16-,17-,18+/m0/s1. The maximum atomic E-state index is 13.9. The molecule has 3 atom stereocenters. The van der Waals surface area contributed by atoms with Gasteiger partial charge in [-0.25, -0.2) is 9.97 Å². The summed E-state index contributed by atoms with van der Waals surface area (Å²) in [6.07, 6.45) is 5.21. The minimum atomic E-state index is -0.162. The fraction of sp³-hybridized carbons (Fsp3) is 0.360. The normalized spacial score (nSPS) is 21.5. The van der Waals surface area contributed by atoms with Crippen LogP contribution in [0.25, 0.3) is 15.4 Å². The number of benzene rings is 1. The second-order valence-electron chi connectivity index (χ2n) is 9.29. The van der Waals surface area contributed by atoms with Gasteiger partial charge in [0.25, 0.3) is 11.8 Å². The molecule has 0 unspecified atom stereocenters. The highest BCUT2D eigenvalue weighted by Crippen LogP contribution is 2.43. The first-order valence-corrected chi connectivity index (χ1v) is 13.5. The quantitative estimate of drug-likeness (QED) is 0.424. The highest BCUT2D eigenvalue weighted by atomic mass is 32.1. The molecule has 2 aliphatic rings. The Morgan fingerprint density at radius 2 is 2.03 bits per heavy atom. The van der Waals surface area contributed by atoms with E-state index in [1.54, 1.807) is 0 Å². The van der Waals surface area contributed by atoms with Crippen LogP contribution in [0.1, 0.15) is 45.9 Å². The number of rotatable bonds is 5. The Balaban J connectivity index is 1.27. The first kappa shape index (κ1) is 22.2. The van der Waals surface area contributed by atoms with E-state index in [9.17, 15) is 9.59 Å². The lowest BCUT2D eigenvalue weighted by Gasteiger charge is -2.28. The summed E-state index contributed by atoms with van der Waals surface area (Å²) in [5.41, 5.74) is 8.66. The third-order valence-corrected chi connectivity index (χ3v) is 9.00. The highest BCUT2D eigenvalue weighted by molar-refractivity contribution is 7.19. The predicted molar refractivity (Wildman–Crippen MR) is 138 cm³/mol. The number of aryl methyl sites for hydroxylation is 1. The molecular formula is C25H26N6O2S2. The Labute approximate surface area is 210 Å². The minimum absolute atomic E-state index is 0.0725. The van der Waals surface area contributed by atoms with Crippen molar-refractivity contribution in [2.75, 3.05) is 18.8 Å². The molecular weight excluding hydrogens is 480 g/mol. The summed E-state index contributed by atoms with van der Waals surface area (Å²) in [6, 6.07) is 9.71. The Bertz CT molecular complexity index is 1410. The molecule has 0 radical (unpaired) electrons. The van der Waals surface area contributed by atoms with Crippen LogP contribution in [0.2, 0.25) is 0 Å². The van der Waals surface area contributed by atoms with Gasteiger partial charge in [-0.1, -0.05) is 48.1 Å². The van der Waals surface area contributed by atoms with E-state index in [4.69, 9.17) is 5.73 Å². The van der Waals surface area contributed by atoms with Crippen LogP contribution in [0, 0.1) is 18.8 Å². The van der Waals surface area contributed by atoms with Gasteiger partial charge in [-0.3, -0.25) is 14.0 Å². The molecule has 1 aliphatic carbocycles.